The monoisotopic (exact) mass is 374 g/mol. The van der Waals surface area contributed by atoms with Gasteiger partial charge in [0.15, 0.2) is 0 Å². The number of nitrogens with zero attached hydrogens (tertiary/aromatic N) is 2. The van der Waals surface area contributed by atoms with Gasteiger partial charge in [0.25, 0.3) is 11.8 Å². The Hall–Kier alpha value is -3.23. The summed E-state index contributed by atoms with van der Waals surface area (Å²) in [6, 6.07) is 3.65. The van der Waals surface area contributed by atoms with Crippen molar-refractivity contribution in [1.82, 2.24) is 9.80 Å². The predicted octanol–water partition coefficient (Wildman–Crippen LogP) is -0.0118. The van der Waals surface area contributed by atoms with Crippen LogP contribution >= 0.6 is 0 Å². The van der Waals surface area contributed by atoms with E-state index in [4.69, 9.17) is 9.47 Å². The fraction of sp³-hybridized carbons (Fsp3) is 0.389. The fourth-order valence-corrected chi connectivity index (χ4v) is 3.14. The first kappa shape index (κ1) is 18.6. The molecule has 0 bridgehead atoms. The van der Waals surface area contributed by atoms with E-state index >= 15 is 0 Å². The number of β-lactam (4-membered cyclic amide) rings is 1. The molecule has 1 atom stereocenters. The van der Waals surface area contributed by atoms with E-state index in [9.17, 15) is 24.0 Å². The maximum absolute atomic E-state index is 12.6. The molecule has 9 heteroatoms. The molecule has 2 aliphatic rings. The number of imide groups is 1. The second-order valence-electron chi connectivity index (χ2n) is 5.94. The number of rotatable bonds is 6. The third kappa shape index (κ3) is 2.94. The highest BCUT2D eigenvalue weighted by atomic mass is 16.6. The Labute approximate surface area is 154 Å². The molecule has 0 aromatic heterocycles. The van der Waals surface area contributed by atoms with Crippen molar-refractivity contribution in [1.29, 1.82) is 0 Å². The average molecular weight is 374 g/mol. The van der Waals surface area contributed by atoms with E-state index in [2.05, 4.69) is 0 Å². The summed E-state index contributed by atoms with van der Waals surface area (Å²) in [6.07, 6.45) is 0. The first-order valence-electron chi connectivity index (χ1n) is 8.53. The molecule has 1 unspecified atom stereocenters. The van der Waals surface area contributed by atoms with Gasteiger partial charge < -0.3 is 14.4 Å². The van der Waals surface area contributed by atoms with Crippen LogP contribution in [0.3, 0.4) is 0 Å². The molecule has 0 N–H and O–H groups in total. The van der Waals surface area contributed by atoms with E-state index in [-0.39, 0.29) is 30.9 Å². The zero-order valence-electron chi connectivity index (χ0n) is 14.8. The van der Waals surface area contributed by atoms with Crippen molar-refractivity contribution < 1.29 is 33.4 Å². The van der Waals surface area contributed by atoms with Crippen molar-refractivity contribution in [3.8, 4) is 0 Å². The SMILES string of the molecule is CCOC(=O)C(C(=O)OCC)N1CC(N2C(=O)c3ccccc3C2=O)C1=O. The molecule has 27 heavy (non-hydrogen) atoms. The lowest BCUT2D eigenvalue weighted by atomic mass is 10.0. The normalized spacial score (nSPS) is 18.5. The van der Waals surface area contributed by atoms with Crippen molar-refractivity contribution in [3.63, 3.8) is 0 Å². The quantitative estimate of drug-likeness (QED) is 0.298. The summed E-state index contributed by atoms with van der Waals surface area (Å²) in [6.45, 7) is 3.04. The predicted molar refractivity (Wildman–Crippen MR) is 89.5 cm³/mol. The number of ether oxygens (including phenoxy) is 2. The number of likely N-dealkylation sites (tertiary alicyclic amines) is 1. The van der Waals surface area contributed by atoms with Gasteiger partial charge in [0.05, 0.1) is 30.9 Å². The Morgan fingerprint density at radius 1 is 1.00 bits per heavy atom. The highest BCUT2D eigenvalue weighted by Crippen LogP contribution is 2.30. The van der Waals surface area contributed by atoms with E-state index in [1.54, 1.807) is 26.0 Å². The summed E-state index contributed by atoms with van der Waals surface area (Å²) >= 11 is 0. The number of esters is 2. The molecule has 2 heterocycles. The Morgan fingerprint density at radius 3 is 1.89 bits per heavy atom. The zero-order chi connectivity index (χ0) is 19.7. The Balaban J connectivity index is 1.79. The van der Waals surface area contributed by atoms with Crippen LogP contribution in [0.25, 0.3) is 0 Å². The minimum atomic E-state index is -1.55. The van der Waals surface area contributed by atoms with E-state index in [1.165, 1.54) is 12.1 Å². The van der Waals surface area contributed by atoms with Gasteiger partial charge in [-0.3, -0.25) is 19.3 Å². The smallest absolute Gasteiger partial charge is 0.340 e. The Morgan fingerprint density at radius 2 is 1.48 bits per heavy atom. The minimum absolute atomic E-state index is 0.0264. The van der Waals surface area contributed by atoms with Gasteiger partial charge in [0.1, 0.15) is 6.04 Å². The molecule has 3 rings (SSSR count). The van der Waals surface area contributed by atoms with Gasteiger partial charge in [-0.15, -0.1) is 0 Å². The van der Waals surface area contributed by atoms with E-state index in [1.807, 2.05) is 0 Å². The lowest BCUT2D eigenvalue weighted by molar-refractivity contribution is -0.175. The number of benzene rings is 1. The summed E-state index contributed by atoms with van der Waals surface area (Å²) in [7, 11) is 0. The molecule has 2 aliphatic heterocycles. The van der Waals surface area contributed by atoms with Crippen LogP contribution in [-0.4, -0.2) is 71.3 Å². The lowest BCUT2D eigenvalue weighted by Gasteiger charge is -2.43. The summed E-state index contributed by atoms with van der Waals surface area (Å²) in [5.41, 5.74) is 0.446. The van der Waals surface area contributed by atoms with E-state index in [0.29, 0.717) is 0 Å². The molecule has 142 valence electrons. The lowest BCUT2D eigenvalue weighted by Crippen LogP contribution is -2.70. The van der Waals surface area contributed by atoms with Crippen molar-refractivity contribution in [3.05, 3.63) is 35.4 Å². The van der Waals surface area contributed by atoms with Crippen LogP contribution in [0, 0.1) is 0 Å². The van der Waals surface area contributed by atoms with Crippen LogP contribution in [0.4, 0.5) is 0 Å². The molecule has 3 amide bonds. The van der Waals surface area contributed by atoms with Gasteiger partial charge in [-0.25, -0.2) is 9.59 Å². The molecule has 9 nitrogen and oxygen atoms in total. The van der Waals surface area contributed by atoms with Crippen LogP contribution in [-0.2, 0) is 23.9 Å². The second-order valence-corrected chi connectivity index (χ2v) is 5.94. The molecule has 0 saturated carbocycles. The third-order valence-electron chi connectivity index (χ3n) is 4.41. The summed E-state index contributed by atoms with van der Waals surface area (Å²) in [5.74, 6) is -3.65. The van der Waals surface area contributed by atoms with Gasteiger partial charge in [-0.1, -0.05) is 12.1 Å². The highest BCUT2D eigenvalue weighted by molar-refractivity contribution is 6.23. The van der Waals surface area contributed by atoms with Crippen molar-refractivity contribution in [2.75, 3.05) is 19.8 Å². The standard InChI is InChI=1S/C18H18N2O7/c1-3-26-17(24)13(18(25)27-4-2)19-9-12(16(19)23)20-14(21)10-7-5-6-8-11(10)15(20)22/h5-8,12-13H,3-4,9H2,1-2H3. The van der Waals surface area contributed by atoms with Crippen molar-refractivity contribution >= 4 is 29.7 Å². The van der Waals surface area contributed by atoms with Gasteiger partial charge in [0.2, 0.25) is 11.9 Å². The first-order chi connectivity index (χ1) is 12.9. The number of hydrogen-bond acceptors (Lipinski definition) is 7. The van der Waals surface area contributed by atoms with Gasteiger partial charge in [0, 0.05) is 0 Å². The summed E-state index contributed by atoms with van der Waals surface area (Å²) < 4.78 is 9.70. The molecule has 0 radical (unpaired) electrons. The van der Waals surface area contributed by atoms with Gasteiger partial charge >= 0.3 is 11.9 Å². The number of hydrogen-bond donors (Lipinski definition) is 0. The van der Waals surface area contributed by atoms with Crippen LogP contribution in [0.2, 0.25) is 0 Å². The highest BCUT2D eigenvalue weighted by Gasteiger charge is 2.54. The van der Waals surface area contributed by atoms with Crippen LogP contribution in [0.1, 0.15) is 34.6 Å². The third-order valence-corrected chi connectivity index (χ3v) is 4.41. The largest absolute Gasteiger partial charge is 0.464 e. The van der Waals surface area contributed by atoms with E-state index < -0.39 is 41.7 Å². The van der Waals surface area contributed by atoms with Crippen LogP contribution in [0.5, 0.6) is 0 Å². The fourth-order valence-electron chi connectivity index (χ4n) is 3.14. The second kappa shape index (κ2) is 7.18. The molecular weight excluding hydrogens is 356 g/mol. The summed E-state index contributed by atoms with van der Waals surface area (Å²) in [4.78, 5) is 63.6. The molecule has 1 fully saturated rings. The van der Waals surface area contributed by atoms with Crippen molar-refractivity contribution in [2.24, 2.45) is 0 Å². The first-order valence-corrected chi connectivity index (χ1v) is 8.53. The molecule has 1 saturated heterocycles. The number of carbonyl (C=O) groups is 5. The maximum atomic E-state index is 12.6. The van der Waals surface area contributed by atoms with Gasteiger partial charge in [-0.05, 0) is 26.0 Å². The molecule has 0 spiro atoms. The number of amides is 3. The molecule has 1 aromatic carbocycles. The topological polar surface area (TPSA) is 110 Å². The Kier molecular flexibility index (Phi) is 4.93. The molecule has 0 aliphatic carbocycles. The summed E-state index contributed by atoms with van der Waals surface area (Å²) in [5, 5.41) is 0. The van der Waals surface area contributed by atoms with Crippen LogP contribution in [0.15, 0.2) is 24.3 Å². The van der Waals surface area contributed by atoms with E-state index in [0.717, 1.165) is 9.80 Å². The zero-order valence-corrected chi connectivity index (χ0v) is 14.8. The number of carbonyl (C=O) groups excluding carboxylic acids is 5. The van der Waals surface area contributed by atoms with Crippen LogP contribution < -0.4 is 0 Å². The minimum Gasteiger partial charge on any atom is -0.464 e. The average Bonchev–Trinajstić information content (AvgIpc) is 2.89. The Bertz CT molecular complexity index is 782. The van der Waals surface area contributed by atoms with Gasteiger partial charge in [-0.2, -0.15) is 0 Å². The molecule has 1 aromatic rings. The van der Waals surface area contributed by atoms with Crippen molar-refractivity contribution in [2.45, 2.75) is 25.9 Å². The maximum Gasteiger partial charge on any atom is 0.340 e. The number of fused-ring (bicyclic) bond motifs is 1. The molecular formula is C18H18N2O7.